The number of benzene rings is 1. The summed E-state index contributed by atoms with van der Waals surface area (Å²) in [5, 5.41) is 1.20. The van der Waals surface area contributed by atoms with Gasteiger partial charge in [0.2, 0.25) is 11.8 Å². The number of H-pyrrole nitrogens is 1. The van der Waals surface area contributed by atoms with Crippen molar-refractivity contribution in [3.63, 3.8) is 0 Å². The second-order valence-corrected chi connectivity index (χ2v) is 6.58. The molecule has 0 spiro atoms. The summed E-state index contributed by atoms with van der Waals surface area (Å²) in [6.07, 6.45) is 1.94. The third kappa shape index (κ3) is 2.42. The number of methoxy groups -OCH3 is 1. The van der Waals surface area contributed by atoms with Gasteiger partial charge in [0.05, 0.1) is 25.0 Å². The maximum Gasteiger partial charge on any atom is 0.234 e. The molecule has 4 rings (SSSR count). The Labute approximate surface area is 140 Å². The first-order valence-electron chi connectivity index (χ1n) is 8.30. The highest BCUT2D eigenvalue weighted by Gasteiger charge is 2.51. The van der Waals surface area contributed by atoms with E-state index in [0.717, 1.165) is 12.1 Å². The zero-order chi connectivity index (χ0) is 16.7. The number of carbonyl (C=O) groups excluding carboxylic acids is 2. The first kappa shape index (κ1) is 15.4. The fourth-order valence-corrected chi connectivity index (χ4v) is 3.96. The van der Waals surface area contributed by atoms with Crippen molar-refractivity contribution in [1.29, 1.82) is 0 Å². The number of likely N-dealkylation sites (tertiary alicyclic amines) is 2. The summed E-state index contributed by atoms with van der Waals surface area (Å²) >= 11 is 0. The van der Waals surface area contributed by atoms with E-state index >= 15 is 0 Å². The summed E-state index contributed by atoms with van der Waals surface area (Å²) in [5.74, 6) is -0.464. The number of nitrogens with one attached hydrogen (secondary N) is 1. The molecule has 1 aromatic heterocycles. The Bertz CT molecular complexity index is 761. The summed E-state index contributed by atoms with van der Waals surface area (Å²) in [6.45, 7) is 2.83. The topological polar surface area (TPSA) is 65.6 Å². The molecule has 0 radical (unpaired) electrons. The van der Waals surface area contributed by atoms with Gasteiger partial charge in [-0.05, 0) is 17.7 Å². The van der Waals surface area contributed by atoms with Gasteiger partial charge in [0.15, 0.2) is 0 Å². The molecule has 2 fully saturated rings. The average molecular weight is 327 g/mol. The SMILES string of the molecule is COCCN1C(=O)[C@H]2CN(Cc3cccc4[nH]ccc34)C[C@H]2C1=O. The zero-order valence-electron chi connectivity index (χ0n) is 13.7. The summed E-state index contributed by atoms with van der Waals surface area (Å²) in [4.78, 5) is 31.8. The van der Waals surface area contributed by atoms with Gasteiger partial charge in [-0.25, -0.2) is 0 Å². The summed E-state index contributed by atoms with van der Waals surface area (Å²) in [7, 11) is 1.58. The van der Waals surface area contributed by atoms with E-state index in [4.69, 9.17) is 4.74 Å². The van der Waals surface area contributed by atoms with Crippen LogP contribution in [0.15, 0.2) is 30.5 Å². The molecule has 1 aromatic carbocycles. The van der Waals surface area contributed by atoms with Crippen LogP contribution in [0.1, 0.15) is 5.56 Å². The molecule has 0 saturated carbocycles. The number of hydrogen-bond donors (Lipinski definition) is 1. The lowest BCUT2D eigenvalue weighted by atomic mass is 10.00. The van der Waals surface area contributed by atoms with E-state index in [1.807, 2.05) is 12.3 Å². The molecule has 0 aliphatic carbocycles. The van der Waals surface area contributed by atoms with Crippen molar-refractivity contribution in [1.82, 2.24) is 14.8 Å². The molecule has 6 nitrogen and oxygen atoms in total. The molecule has 2 aliphatic rings. The van der Waals surface area contributed by atoms with Gasteiger partial charge in [0.1, 0.15) is 0 Å². The standard InChI is InChI=1S/C18H21N3O3/c1-24-8-7-21-17(22)14-10-20(11-15(14)18(21)23)9-12-3-2-4-16-13(12)5-6-19-16/h2-6,14-15,19H,7-11H2,1H3/t14-,15+. The van der Waals surface area contributed by atoms with Crippen molar-refractivity contribution >= 4 is 22.7 Å². The number of aromatic nitrogens is 1. The Kier molecular flexibility index (Phi) is 3.86. The molecule has 126 valence electrons. The third-order valence-corrected chi connectivity index (χ3v) is 5.16. The van der Waals surface area contributed by atoms with Crippen molar-refractivity contribution in [3.05, 3.63) is 36.0 Å². The number of rotatable bonds is 5. The van der Waals surface area contributed by atoms with Crippen LogP contribution in [0.3, 0.4) is 0 Å². The first-order valence-corrected chi connectivity index (χ1v) is 8.30. The number of aromatic amines is 1. The Morgan fingerprint density at radius 3 is 2.62 bits per heavy atom. The molecule has 2 atom stereocenters. The normalized spacial score (nSPS) is 24.3. The number of amides is 2. The van der Waals surface area contributed by atoms with Crippen LogP contribution in [0.5, 0.6) is 0 Å². The quantitative estimate of drug-likeness (QED) is 0.839. The second-order valence-electron chi connectivity index (χ2n) is 6.58. The number of imide groups is 1. The van der Waals surface area contributed by atoms with Gasteiger partial charge in [-0.2, -0.15) is 0 Å². The lowest BCUT2D eigenvalue weighted by Gasteiger charge is -2.20. The highest BCUT2D eigenvalue weighted by Crippen LogP contribution is 2.34. The fraction of sp³-hybridized carbons (Fsp3) is 0.444. The lowest BCUT2D eigenvalue weighted by molar-refractivity contribution is -0.141. The van der Waals surface area contributed by atoms with Gasteiger partial charge in [-0.1, -0.05) is 12.1 Å². The highest BCUT2D eigenvalue weighted by molar-refractivity contribution is 6.05. The fourth-order valence-electron chi connectivity index (χ4n) is 3.96. The van der Waals surface area contributed by atoms with Crippen molar-refractivity contribution < 1.29 is 14.3 Å². The molecule has 6 heteroatoms. The smallest absolute Gasteiger partial charge is 0.234 e. The molecule has 3 heterocycles. The molecular weight excluding hydrogens is 306 g/mol. The van der Waals surface area contributed by atoms with E-state index in [1.54, 1.807) is 7.11 Å². The lowest BCUT2D eigenvalue weighted by Crippen LogP contribution is -2.37. The van der Waals surface area contributed by atoms with Crippen molar-refractivity contribution in [2.75, 3.05) is 33.4 Å². The Morgan fingerprint density at radius 1 is 1.17 bits per heavy atom. The van der Waals surface area contributed by atoms with Gasteiger partial charge in [-0.3, -0.25) is 19.4 Å². The molecule has 2 saturated heterocycles. The molecule has 2 amide bonds. The van der Waals surface area contributed by atoms with Crippen molar-refractivity contribution in [2.45, 2.75) is 6.54 Å². The van der Waals surface area contributed by atoms with E-state index < -0.39 is 0 Å². The minimum absolute atomic E-state index is 0.0376. The number of nitrogens with zero attached hydrogens (tertiary/aromatic N) is 2. The minimum atomic E-state index is -0.195. The molecular formula is C18H21N3O3. The zero-order valence-corrected chi connectivity index (χ0v) is 13.7. The Hall–Kier alpha value is -2.18. The Morgan fingerprint density at radius 2 is 1.92 bits per heavy atom. The first-order chi connectivity index (χ1) is 11.7. The van der Waals surface area contributed by atoms with E-state index in [2.05, 4.69) is 28.1 Å². The monoisotopic (exact) mass is 327 g/mol. The van der Waals surface area contributed by atoms with Crippen LogP contribution >= 0.6 is 0 Å². The van der Waals surface area contributed by atoms with E-state index in [-0.39, 0.29) is 23.7 Å². The van der Waals surface area contributed by atoms with Gasteiger partial charge in [0.25, 0.3) is 0 Å². The number of fused-ring (bicyclic) bond motifs is 2. The highest BCUT2D eigenvalue weighted by atomic mass is 16.5. The molecule has 0 bridgehead atoms. The summed E-state index contributed by atoms with van der Waals surface area (Å²) in [5.41, 5.74) is 2.34. The van der Waals surface area contributed by atoms with Crippen LogP contribution in [-0.2, 0) is 20.9 Å². The van der Waals surface area contributed by atoms with Crippen LogP contribution in [0.25, 0.3) is 10.9 Å². The van der Waals surface area contributed by atoms with Gasteiger partial charge >= 0.3 is 0 Å². The number of carbonyl (C=O) groups is 2. The van der Waals surface area contributed by atoms with Gasteiger partial charge in [-0.15, -0.1) is 0 Å². The molecule has 2 aromatic rings. The largest absolute Gasteiger partial charge is 0.383 e. The third-order valence-electron chi connectivity index (χ3n) is 5.16. The van der Waals surface area contributed by atoms with Crippen LogP contribution < -0.4 is 0 Å². The molecule has 24 heavy (non-hydrogen) atoms. The second kappa shape index (κ2) is 6.03. The van der Waals surface area contributed by atoms with Crippen molar-refractivity contribution in [3.8, 4) is 0 Å². The maximum atomic E-state index is 12.5. The molecule has 0 unspecified atom stereocenters. The van der Waals surface area contributed by atoms with Gasteiger partial charge < -0.3 is 9.72 Å². The number of hydrogen-bond acceptors (Lipinski definition) is 4. The summed E-state index contributed by atoms with van der Waals surface area (Å²) < 4.78 is 5.00. The molecule has 1 N–H and O–H groups in total. The predicted octanol–water partition coefficient (Wildman–Crippen LogP) is 1.23. The van der Waals surface area contributed by atoms with Crippen LogP contribution in [0, 0.1) is 11.8 Å². The van der Waals surface area contributed by atoms with Crippen molar-refractivity contribution in [2.24, 2.45) is 11.8 Å². The Balaban J connectivity index is 1.48. The minimum Gasteiger partial charge on any atom is -0.383 e. The van der Waals surface area contributed by atoms with E-state index in [0.29, 0.717) is 26.2 Å². The number of ether oxygens (including phenoxy) is 1. The summed E-state index contributed by atoms with van der Waals surface area (Å²) in [6, 6.07) is 8.27. The van der Waals surface area contributed by atoms with Crippen LogP contribution in [0.4, 0.5) is 0 Å². The molecule has 2 aliphatic heterocycles. The van der Waals surface area contributed by atoms with E-state index in [1.165, 1.54) is 15.8 Å². The van der Waals surface area contributed by atoms with Gasteiger partial charge in [0, 0.05) is 43.8 Å². The average Bonchev–Trinajstić information content (AvgIpc) is 3.25. The predicted molar refractivity (Wildman–Crippen MR) is 89.2 cm³/mol. The maximum absolute atomic E-state index is 12.5. The van der Waals surface area contributed by atoms with E-state index in [9.17, 15) is 9.59 Å². The van der Waals surface area contributed by atoms with Crippen LogP contribution in [0.2, 0.25) is 0 Å². The van der Waals surface area contributed by atoms with Crippen LogP contribution in [-0.4, -0.2) is 59.9 Å².